The number of nitrogens with zero attached hydrogens (tertiary/aromatic N) is 3. The van der Waals surface area contributed by atoms with Gasteiger partial charge in [-0.15, -0.1) is 10.2 Å². The molecule has 2 aliphatic heterocycles. The van der Waals surface area contributed by atoms with Crippen LogP contribution in [0.15, 0.2) is 94.8 Å². The number of ether oxygens (including phenoxy) is 3. The quantitative estimate of drug-likeness (QED) is 0.0583. The van der Waals surface area contributed by atoms with E-state index in [2.05, 4.69) is 34.5 Å². The van der Waals surface area contributed by atoms with Gasteiger partial charge in [-0.3, -0.25) is 14.5 Å². The molecule has 5 aromatic rings. The number of rotatable bonds is 9. The zero-order chi connectivity index (χ0) is 31.6. The van der Waals surface area contributed by atoms with Gasteiger partial charge < -0.3 is 19.3 Å². The van der Waals surface area contributed by atoms with Crippen molar-refractivity contribution >= 4 is 56.5 Å². The Morgan fingerprint density at radius 3 is 2.65 bits per heavy atom. The van der Waals surface area contributed by atoms with Crippen LogP contribution in [0.3, 0.4) is 0 Å². The van der Waals surface area contributed by atoms with Crippen LogP contribution >= 0.6 is 23.1 Å². The number of aliphatic hydroxyl groups is 1. The Labute approximate surface area is 273 Å². The van der Waals surface area contributed by atoms with E-state index in [1.165, 1.54) is 28.0 Å². The number of amides is 1. The van der Waals surface area contributed by atoms with E-state index in [9.17, 15) is 14.7 Å². The number of benzene rings is 4. The topological polar surface area (TPSA) is 111 Å². The number of Topliss-reactive ketones (excluding diaryl/α,β-unsaturated/α-hetero) is 1. The lowest BCUT2D eigenvalue weighted by atomic mass is 9.95. The largest absolute Gasteiger partial charge is 0.507 e. The second kappa shape index (κ2) is 12.9. The van der Waals surface area contributed by atoms with Gasteiger partial charge in [0.2, 0.25) is 5.13 Å². The Kier molecular flexibility index (Phi) is 8.33. The molecule has 0 radical (unpaired) electrons. The van der Waals surface area contributed by atoms with Crippen LogP contribution in [0.1, 0.15) is 36.1 Å². The molecule has 0 bridgehead atoms. The molecule has 2 aliphatic rings. The number of thioether (sulfide) groups is 1. The van der Waals surface area contributed by atoms with Gasteiger partial charge in [-0.2, -0.15) is 0 Å². The number of fused-ring (bicyclic) bond motifs is 2. The molecule has 1 saturated heterocycles. The van der Waals surface area contributed by atoms with Crippen molar-refractivity contribution in [2.45, 2.75) is 29.5 Å². The molecule has 1 N–H and O–H groups in total. The van der Waals surface area contributed by atoms with Crippen LogP contribution in [0.4, 0.5) is 5.13 Å². The molecule has 3 heterocycles. The van der Waals surface area contributed by atoms with Crippen LogP contribution in [0.25, 0.3) is 16.5 Å². The third-order valence-corrected chi connectivity index (χ3v) is 9.84. The molecule has 1 atom stereocenters. The average molecular weight is 652 g/mol. The van der Waals surface area contributed by atoms with Gasteiger partial charge in [0.15, 0.2) is 15.8 Å². The lowest BCUT2D eigenvalue weighted by Crippen LogP contribution is -2.29. The highest BCUT2D eigenvalue weighted by Gasteiger charge is 2.48. The first-order valence-electron chi connectivity index (χ1n) is 14.9. The summed E-state index contributed by atoms with van der Waals surface area (Å²) >= 11 is 2.74. The van der Waals surface area contributed by atoms with Crippen molar-refractivity contribution in [3.63, 3.8) is 0 Å². The van der Waals surface area contributed by atoms with E-state index < -0.39 is 17.7 Å². The minimum atomic E-state index is -0.970. The number of hydrogen-bond acceptors (Lipinski definition) is 10. The molecule has 232 valence electrons. The maximum atomic E-state index is 13.7. The van der Waals surface area contributed by atoms with Crippen molar-refractivity contribution in [1.29, 1.82) is 0 Å². The Morgan fingerprint density at radius 1 is 0.978 bits per heavy atom. The van der Waals surface area contributed by atoms with Gasteiger partial charge in [-0.05, 0) is 58.7 Å². The Hall–Kier alpha value is -4.87. The monoisotopic (exact) mass is 651 g/mol. The molecule has 0 saturated carbocycles. The van der Waals surface area contributed by atoms with E-state index in [0.717, 1.165) is 22.8 Å². The summed E-state index contributed by atoms with van der Waals surface area (Å²) in [5.74, 6) is 0.295. The first-order valence-corrected chi connectivity index (χ1v) is 16.7. The average Bonchev–Trinajstić information content (AvgIpc) is 3.67. The van der Waals surface area contributed by atoms with Gasteiger partial charge >= 0.3 is 5.91 Å². The number of hydrogen-bond donors (Lipinski definition) is 1. The van der Waals surface area contributed by atoms with Crippen LogP contribution < -0.4 is 19.1 Å². The second-order valence-corrected chi connectivity index (χ2v) is 12.9. The Bertz CT molecular complexity index is 1990. The molecule has 11 heteroatoms. The molecule has 0 aliphatic carbocycles. The van der Waals surface area contributed by atoms with Gasteiger partial charge in [-0.25, -0.2) is 0 Å². The maximum Gasteiger partial charge on any atom is 0.301 e. The molecular weight excluding hydrogens is 623 g/mol. The van der Waals surface area contributed by atoms with Crippen LogP contribution in [-0.2, 0) is 15.3 Å². The predicted octanol–water partition coefficient (Wildman–Crippen LogP) is 7.17. The van der Waals surface area contributed by atoms with Crippen LogP contribution in [-0.4, -0.2) is 46.8 Å². The molecule has 1 aromatic heterocycles. The van der Waals surface area contributed by atoms with Crippen LogP contribution in [0, 0.1) is 0 Å². The number of anilines is 1. The minimum absolute atomic E-state index is 0.0607. The van der Waals surface area contributed by atoms with Crippen molar-refractivity contribution in [2.24, 2.45) is 0 Å². The van der Waals surface area contributed by atoms with E-state index in [-0.39, 0.29) is 16.5 Å². The highest BCUT2D eigenvalue weighted by atomic mass is 32.2. The molecule has 4 aromatic carbocycles. The standard InChI is InChI=1S/C35H29N3O6S2/c1-2-15-42-25-11-6-9-22(18-25)30-29(31(39)23-13-14-27-28(19-23)44-17-16-43-27)32(40)33(41)38(30)34-36-37-35(46-34)45-20-24-10-5-8-21-7-3-4-12-26(21)24/h3-14,18-19,30,39H,2,15-17,20H2,1H3. The fourth-order valence-electron chi connectivity index (χ4n) is 5.60. The fourth-order valence-corrected chi connectivity index (χ4v) is 7.47. The summed E-state index contributed by atoms with van der Waals surface area (Å²) in [6.45, 7) is 3.31. The van der Waals surface area contributed by atoms with E-state index in [0.29, 0.717) is 58.3 Å². The number of carbonyl (C=O) groups is 2. The molecule has 1 unspecified atom stereocenters. The number of aromatic nitrogens is 2. The molecule has 0 spiro atoms. The van der Waals surface area contributed by atoms with Gasteiger partial charge in [0.1, 0.15) is 24.7 Å². The Morgan fingerprint density at radius 2 is 1.78 bits per heavy atom. The summed E-state index contributed by atoms with van der Waals surface area (Å²) in [6.07, 6.45) is 0.816. The molecule has 9 nitrogen and oxygen atoms in total. The van der Waals surface area contributed by atoms with Crippen LogP contribution in [0.5, 0.6) is 17.2 Å². The summed E-state index contributed by atoms with van der Waals surface area (Å²) in [4.78, 5) is 28.8. The summed E-state index contributed by atoms with van der Waals surface area (Å²) in [7, 11) is 0. The molecular formula is C35H29N3O6S2. The lowest BCUT2D eigenvalue weighted by molar-refractivity contribution is -0.132. The fraction of sp³-hybridized carbons (Fsp3) is 0.200. The smallest absolute Gasteiger partial charge is 0.301 e. The molecule has 46 heavy (non-hydrogen) atoms. The molecule has 1 amide bonds. The van der Waals surface area contributed by atoms with Crippen molar-refractivity contribution < 1.29 is 28.9 Å². The first kappa shape index (κ1) is 29.8. The normalized spacial score (nSPS) is 17.1. The number of ketones is 1. The number of aliphatic hydroxyl groups excluding tert-OH is 1. The highest BCUT2D eigenvalue weighted by Crippen LogP contribution is 2.45. The lowest BCUT2D eigenvalue weighted by Gasteiger charge is -2.23. The van der Waals surface area contributed by atoms with E-state index in [1.807, 2.05) is 31.2 Å². The van der Waals surface area contributed by atoms with Gasteiger partial charge in [0.25, 0.3) is 5.78 Å². The third kappa shape index (κ3) is 5.67. The zero-order valence-electron chi connectivity index (χ0n) is 24.8. The van der Waals surface area contributed by atoms with Gasteiger partial charge in [0.05, 0.1) is 18.2 Å². The minimum Gasteiger partial charge on any atom is -0.507 e. The van der Waals surface area contributed by atoms with Crippen molar-refractivity contribution in [3.05, 3.63) is 107 Å². The zero-order valence-corrected chi connectivity index (χ0v) is 26.5. The molecule has 7 rings (SSSR count). The van der Waals surface area contributed by atoms with E-state index in [1.54, 1.807) is 36.4 Å². The summed E-state index contributed by atoms with van der Waals surface area (Å²) in [5.41, 5.74) is 2.01. The van der Waals surface area contributed by atoms with Crippen molar-refractivity contribution in [2.75, 3.05) is 24.7 Å². The number of carbonyl (C=O) groups excluding carboxylic acids is 2. The van der Waals surface area contributed by atoms with Crippen molar-refractivity contribution in [3.8, 4) is 17.2 Å². The van der Waals surface area contributed by atoms with Crippen molar-refractivity contribution in [1.82, 2.24) is 10.2 Å². The van der Waals surface area contributed by atoms with E-state index >= 15 is 0 Å². The third-order valence-electron chi connectivity index (χ3n) is 7.74. The summed E-state index contributed by atoms with van der Waals surface area (Å²) < 4.78 is 17.9. The SMILES string of the molecule is CCCOc1cccc(C2C(=C(O)c3ccc4c(c3)OCCO4)C(=O)C(=O)N2c2nnc(SCc3cccc4ccccc34)s2)c1. The summed E-state index contributed by atoms with van der Waals surface area (Å²) in [6, 6.07) is 25.6. The molecule has 1 fully saturated rings. The maximum absolute atomic E-state index is 13.7. The van der Waals surface area contributed by atoms with E-state index in [4.69, 9.17) is 14.2 Å². The van der Waals surface area contributed by atoms with Gasteiger partial charge in [-0.1, -0.05) is 84.6 Å². The van der Waals surface area contributed by atoms with Crippen LogP contribution in [0.2, 0.25) is 0 Å². The highest BCUT2D eigenvalue weighted by molar-refractivity contribution is 8.00. The van der Waals surface area contributed by atoms with Gasteiger partial charge in [0, 0.05) is 11.3 Å². The Balaban J connectivity index is 1.26. The first-order chi connectivity index (χ1) is 22.5. The summed E-state index contributed by atoms with van der Waals surface area (Å²) in [5, 5.41) is 22.9. The second-order valence-electron chi connectivity index (χ2n) is 10.7. The predicted molar refractivity (Wildman–Crippen MR) is 178 cm³/mol.